The van der Waals surface area contributed by atoms with Crippen molar-refractivity contribution in [3.05, 3.63) is 45.9 Å². The van der Waals surface area contributed by atoms with Crippen LogP contribution in [0.5, 0.6) is 0 Å². The van der Waals surface area contributed by atoms with Crippen LogP contribution in [0.1, 0.15) is 24.2 Å². The van der Waals surface area contributed by atoms with E-state index in [4.69, 9.17) is 5.73 Å². The summed E-state index contributed by atoms with van der Waals surface area (Å²) in [6.07, 6.45) is 1.68. The minimum Gasteiger partial charge on any atom is -0.342 e. The Labute approximate surface area is 110 Å². The molecule has 19 heavy (non-hydrogen) atoms. The maximum atomic E-state index is 10.9. The molecule has 0 saturated heterocycles. The Bertz CT molecular complexity index is 606. The van der Waals surface area contributed by atoms with Crippen LogP contribution < -0.4 is 5.73 Å². The minimum absolute atomic E-state index is 0.112. The molecule has 0 fully saturated rings. The van der Waals surface area contributed by atoms with Crippen molar-refractivity contribution < 1.29 is 4.92 Å². The van der Waals surface area contributed by atoms with Gasteiger partial charge in [-0.15, -0.1) is 0 Å². The molecule has 1 unspecified atom stereocenters. The van der Waals surface area contributed by atoms with Gasteiger partial charge in [0.05, 0.1) is 16.8 Å². The van der Waals surface area contributed by atoms with Crippen molar-refractivity contribution in [2.75, 3.05) is 6.54 Å². The van der Waals surface area contributed by atoms with E-state index in [1.165, 1.54) is 0 Å². The lowest BCUT2D eigenvalue weighted by atomic mass is 10.1. The molecule has 2 aromatic rings. The molecule has 100 valence electrons. The average molecular weight is 260 g/mol. The number of rotatable bonds is 4. The van der Waals surface area contributed by atoms with E-state index in [-0.39, 0.29) is 16.5 Å². The molecule has 3 N–H and O–H groups in total. The predicted octanol–water partition coefficient (Wildman–Crippen LogP) is 2.36. The summed E-state index contributed by atoms with van der Waals surface area (Å²) in [5, 5.41) is 10.9. The van der Waals surface area contributed by atoms with Crippen molar-refractivity contribution in [3.63, 3.8) is 0 Å². The zero-order valence-electron chi connectivity index (χ0n) is 10.9. The summed E-state index contributed by atoms with van der Waals surface area (Å²) in [5.74, 6) is 0.926. The molecule has 1 aromatic carbocycles. The monoisotopic (exact) mass is 260 g/mol. The van der Waals surface area contributed by atoms with Gasteiger partial charge in [-0.2, -0.15) is 0 Å². The molecule has 1 heterocycles. The molecule has 1 atom stereocenters. The van der Waals surface area contributed by atoms with Crippen molar-refractivity contribution in [3.8, 4) is 11.3 Å². The fourth-order valence-corrected chi connectivity index (χ4v) is 1.82. The van der Waals surface area contributed by atoms with Crippen LogP contribution >= 0.6 is 0 Å². The molecule has 0 amide bonds. The molecule has 0 radical (unpaired) electrons. The minimum atomic E-state index is -0.376. The zero-order valence-corrected chi connectivity index (χ0v) is 10.9. The zero-order chi connectivity index (χ0) is 14.0. The van der Waals surface area contributed by atoms with Gasteiger partial charge >= 0.3 is 0 Å². The molecule has 0 saturated carbocycles. The highest BCUT2D eigenvalue weighted by molar-refractivity contribution is 5.63. The number of aromatic nitrogens is 2. The molecule has 0 aliphatic heterocycles. The predicted molar refractivity (Wildman–Crippen MR) is 72.9 cm³/mol. The van der Waals surface area contributed by atoms with Crippen LogP contribution in [-0.4, -0.2) is 21.4 Å². The first-order valence-corrected chi connectivity index (χ1v) is 6.03. The fraction of sp³-hybridized carbons (Fsp3) is 0.308. The quantitative estimate of drug-likeness (QED) is 0.651. The Morgan fingerprint density at radius 1 is 1.53 bits per heavy atom. The number of imidazole rings is 1. The van der Waals surface area contributed by atoms with Gasteiger partial charge in [0.15, 0.2) is 0 Å². The van der Waals surface area contributed by atoms with E-state index in [2.05, 4.69) is 9.97 Å². The highest BCUT2D eigenvalue weighted by Gasteiger charge is 2.14. The number of nitrogens with two attached hydrogens (primary N) is 1. The highest BCUT2D eigenvalue weighted by Crippen LogP contribution is 2.26. The van der Waals surface area contributed by atoms with Gasteiger partial charge in [-0.1, -0.05) is 19.1 Å². The molecular weight excluding hydrogens is 244 g/mol. The van der Waals surface area contributed by atoms with E-state index in [0.717, 1.165) is 17.1 Å². The van der Waals surface area contributed by atoms with Crippen molar-refractivity contribution in [1.29, 1.82) is 0 Å². The number of hydrogen-bond donors (Lipinski definition) is 2. The standard InChI is InChI=1S/C13H16N4O2/c1-8-3-4-10(5-12(8)17(18)19)11-7-15-13(16-11)9(2)6-14/h3-5,7,9H,6,14H2,1-2H3,(H,15,16). The summed E-state index contributed by atoms with van der Waals surface area (Å²) in [6, 6.07) is 5.13. The molecule has 0 bridgehead atoms. The third-order valence-corrected chi connectivity index (χ3v) is 3.13. The Hall–Kier alpha value is -2.21. The Kier molecular flexibility index (Phi) is 3.62. The molecule has 2 rings (SSSR count). The van der Waals surface area contributed by atoms with Gasteiger partial charge in [-0.25, -0.2) is 4.98 Å². The van der Waals surface area contributed by atoms with Crippen LogP contribution in [0.25, 0.3) is 11.3 Å². The number of H-pyrrole nitrogens is 1. The van der Waals surface area contributed by atoms with E-state index in [9.17, 15) is 10.1 Å². The van der Waals surface area contributed by atoms with Crippen LogP contribution in [0.4, 0.5) is 5.69 Å². The highest BCUT2D eigenvalue weighted by atomic mass is 16.6. The van der Waals surface area contributed by atoms with Gasteiger partial charge in [0.2, 0.25) is 0 Å². The Morgan fingerprint density at radius 2 is 2.26 bits per heavy atom. The van der Waals surface area contributed by atoms with Crippen LogP contribution in [0.15, 0.2) is 24.4 Å². The van der Waals surface area contributed by atoms with E-state index in [1.807, 2.05) is 13.0 Å². The smallest absolute Gasteiger partial charge is 0.272 e. The SMILES string of the molecule is Cc1ccc(-c2cnc(C(C)CN)[nH]2)cc1[N+](=O)[O-]. The second kappa shape index (κ2) is 5.19. The normalized spacial score (nSPS) is 12.4. The van der Waals surface area contributed by atoms with E-state index in [0.29, 0.717) is 12.1 Å². The summed E-state index contributed by atoms with van der Waals surface area (Å²) in [6.45, 7) is 4.19. The van der Waals surface area contributed by atoms with E-state index < -0.39 is 0 Å². The van der Waals surface area contributed by atoms with Gasteiger partial charge in [0, 0.05) is 29.7 Å². The second-order valence-corrected chi connectivity index (χ2v) is 4.58. The number of aryl methyl sites for hydroxylation is 1. The molecule has 6 heteroatoms. The summed E-state index contributed by atoms with van der Waals surface area (Å²) in [7, 11) is 0. The summed E-state index contributed by atoms with van der Waals surface area (Å²) >= 11 is 0. The lowest BCUT2D eigenvalue weighted by Gasteiger charge is -2.04. The number of nitro benzene ring substituents is 1. The molecule has 0 aliphatic rings. The van der Waals surface area contributed by atoms with E-state index in [1.54, 1.807) is 25.3 Å². The first-order chi connectivity index (χ1) is 9.02. The van der Waals surface area contributed by atoms with Gasteiger partial charge < -0.3 is 10.7 Å². The summed E-state index contributed by atoms with van der Waals surface area (Å²) < 4.78 is 0. The topological polar surface area (TPSA) is 97.8 Å². The van der Waals surface area contributed by atoms with Crippen molar-refractivity contribution >= 4 is 5.69 Å². The van der Waals surface area contributed by atoms with Gasteiger partial charge in [-0.3, -0.25) is 10.1 Å². The number of nitro groups is 1. The number of nitrogens with one attached hydrogen (secondary N) is 1. The third kappa shape index (κ3) is 2.63. The first-order valence-electron chi connectivity index (χ1n) is 6.03. The van der Waals surface area contributed by atoms with Crippen LogP contribution in [0.3, 0.4) is 0 Å². The molecular formula is C13H16N4O2. The Balaban J connectivity index is 2.39. The maximum absolute atomic E-state index is 10.9. The fourth-order valence-electron chi connectivity index (χ4n) is 1.82. The van der Waals surface area contributed by atoms with Crippen LogP contribution in [-0.2, 0) is 0 Å². The van der Waals surface area contributed by atoms with Crippen molar-refractivity contribution in [2.45, 2.75) is 19.8 Å². The lowest BCUT2D eigenvalue weighted by molar-refractivity contribution is -0.385. The number of nitrogens with zero attached hydrogens (tertiary/aromatic N) is 2. The van der Waals surface area contributed by atoms with Gasteiger partial charge in [0.1, 0.15) is 5.82 Å². The molecule has 1 aromatic heterocycles. The second-order valence-electron chi connectivity index (χ2n) is 4.58. The van der Waals surface area contributed by atoms with Crippen molar-refractivity contribution in [1.82, 2.24) is 9.97 Å². The molecule has 0 spiro atoms. The lowest BCUT2D eigenvalue weighted by Crippen LogP contribution is -2.10. The number of aromatic amines is 1. The van der Waals surface area contributed by atoms with Gasteiger partial charge in [-0.05, 0) is 6.92 Å². The summed E-state index contributed by atoms with van der Waals surface area (Å²) in [5.41, 5.74) is 7.85. The Morgan fingerprint density at radius 3 is 2.89 bits per heavy atom. The largest absolute Gasteiger partial charge is 0.342 e. The number of hydrogen-bond acceptors (Lipinski definition) is 4. The third-order valence-electron chi connectivity index (χ3n) is 3.13. The first kappa shape index (κ1) is 13.2. The summed E-state index contributed by atoms with van der Waals surface area (Å²) in [4.78, 5) is 18.0. The average Bonchev–Trinajstić information content (AvgIpc) is 2.87. The number of benzene rings is 1. The van der Waals surface area contributed by atoms with Crippen molar-refractivity contribution in [2.24, 2.45) is 5.73 Å². The van der Waals surface area contributed by atoms with Crippen LogP contribution in [0, 0.1) is 17.0 Å². The van der Waals surface area contributed by atoms with Crippen LogP contribution in [0.2, 0.25) is 0 Å². The molecule has 0 aliphatic carbocycles. The maximum Gasteiger partial charge on any atom is 0.272 e. The molecule has 6 nitrogen and oxygen atoms in total. The van der Waals surface area contributed by atoms with Gasteiger partial charge in [0.25, 0.3) is 5.69 Å². The van der Waals surface area contributed by atoms with E-state index >= 15 is 0 Å².